The lowest BCUT2D eigenvalue weighted by Crippen LogP contribution is -2.43. The first-order valence-electron chi connectivity index (χ1n) is 7.67. The molecule has 122 valence electrons. The van der Waals surface area contributed by atoms with Crippen LogP contribution in [0.1, 0.15) is 39.3 Å². The van der Waals surface area contributed by atoms with E-state index in [1.54, 1.807) is 12.1 Å². The summed E-state index contributed by atoms with van der Waals surface area (Å²) < 4.78 is 5.25. The van der Waals surface area contributed by atoms with Crippen molar-refractivity contribution in [1.29, 1.82) is 0 Å². The molecule has 1 aliphatic carbocycles. The molecule has 2 rings (SSSR count). The zero-order valence-electron chi connectivity index (χ0n) is 13.4. The molecule has 22 heavy (non-hydrogen) atoms. The minimum absolute atomic E-state index is 0.161. The number of nitrogens with zero attached hydrogens (tertiary/aromatic N) is 1. The van der Waals surface area contributed by atoms with Gasteiger partial charge in [-0.15, -0.1) is 0 Å². The van der Waals surface area contributed by atoms with E-state index in [0.29, 0.717) is 19.0 Å². The van der Waals surface area contributed by atoms with Gasteiger partial charge in [-0.05, 0) is 51.7 Å². The van der Waals surface area contributed by atoms with Gasteiger partial charge in [-0.25, -0.2) is 4.79 Å². The maximum absolute atomic E-state index is 11.7. The highest BCUT2D eigenvalue weighted by molar-refractivity contribution is 5.67. The van der Waals surface area contributed by atoms with Crippen LogP contribution in [-0.4, -0.2) is 34.4 Å². The van der Waals surface area contributed by atoms with Crippen LogP contribution in [0.3, 0.4) is 0 Å². The first-order valence-corrected chi connectivity index (χ1v) is 7.67. The molecule has 6 heteroatoms. The zero-order valence-corrected chi connectivity index (χ0v) is 13.4. The third kappa shape index (κ3) is 5.89. The Balaban J connectivity index is 1.78. The summed E-state index contributed by atoms with van der Waals surface area (Å²) in [6, 6.07) is 3.62. The number of hydrogen-bond acceptors (Lipinski definition) is 5. The van der Waals surface area contributed by atoms with Crippen LogP contribution < -0.4 is 10.6 Å². The van der Waals surface area contributed by atoms with Gasteiger partial charge in [-0.2, -0.15) is 0 Å². The molecular weight excluding hydrogens is 282 g/mol. The summed E-state index contributed by atoms with van der Waals surface area (Å²) in [5.41, 5.74) is 0.378. The molecule has 6 nitrogen and oxygen atoms in total. The number of hydrogen-bond donors (Lipinski definition) is 3. The van der Waals surface area contributed by atoms with E-state index in [1.807, 2.05) is 20.8 Å². The van der Waals surface area contributed by atoms with Gasteiger partial charge >= 0.3 is 6.09 Å². The topological polar surface area (TPSA) is 83.5 Å². The predicted octanol–water partition coefficient (Wildman–Crippen LogP) is 2.18. The monoisotopic (exact) mass is 307 g/mol. The largest absolute Gasteiger partial charge is 0.506 e. The smallest absolute Gasteiger partial charge is 0.407 e. The molecule has 1 atom stereocenters. The summed E-state index contributed by atoms with van der Waals surface area (Å²) in [5, 5.41) is 15.5. The van der Waals surface area contributed by atoms with Gasteiger partial charge in [0.05, 0.1) is 11.9 Å². The first kappa shape index (κ1) is 16.5. The van der Waals surface area contributed by atoms with Crippen molar-refractivity contribution in [2.75, 3.05) is 6.54 Å². The lowest BCUT2D eigenvalue weighted by atomic mass is 10.1. The highest BCUT2D eigenvalue weighted by atomic mass is 16.6. The zero-order chi connectivity index (χ0) is 16.2. The number of pyridine rings is 1. The molecule has 0 spiro atoms. The van der Waals surface area contributed by atoms with Crippen LogP contribution in [0.5, 0.6) is 5.75 Å². The van der Waals surface area contributed by atoms with E-state index in [0.717, 1.165) is 5.69 Å². The van der Waals surface area contributed by atoms with Crippen molar-refractivity contribution in [2.45, 2.75) is 51.8 Å². The standard InChI is InChI=1S/C16H25N3O3/c1-16(2,3)22-15(21)19-10-14(11-4-5-11)18-8-12-6-7-13(20)9-17-12/h6-7,9,11,14,18,20H,4-5,8,10H2,1-3H3,(H,19,21). The summed E-state index contributed by atoms with van der Waals surface area (Å²) in [4.78, 5) is 15.9. The summed E-state index contributed by atoms with van der Waals surface area (Å²) in [6.07, 6.45) is 3.40. The Kier molecular flexibility index (Phi) is 5.24. The van der Waals surface area contributed by atoms with Crippen LogP contribution in [0.2, 0.25) is 0 Å². The van der Waals surface area contributed by atoms with Crippen molar-refractivity contribution in [2.24, 2.45) is 5.92 Å². The summed E-state index contributed by atoms with van der Waals surface area (Å²) >= 11 is 0. The van der Waals surface area contributed by atoms with E-state index in [4.69, 9.17) is 4.74 Å². The van der Waals surface area contributed by atoms with Crippen LogP contribution in [0, 0.1) is 5.92 Å². The maximum atomic E-state index is 11.7. The molecule has 1 fully saturated rings. The van der Waals surface area contributed by atoms with Crippen molar-refractivity contribution in [3.63, 3.8) is 0 Å². The fraction of sp³-hybridized carbons (Fsp3) is 0.625. The van der Waals surface area contributed by atoms with E-state index in [1.165, 1.54) is 19.0 Å². The number of carbonyl (C=O) groups is 1. The Labute approximate surface area is 131 Å². The number of carbonyl (C=O) groups excluding carboxylic acids is 1. The average molecular weight is 307 g/mol. The van der Waals surface area contributed by atoms with Gasteiger partial charge in [0.2, 0.25) is 0 Å². The second-order valence-corrected chi connectivity index (χ2v) is 6.72. The predicted molar refractivity (Wildman–Crippen MR) is 83.5 cm³/mol. The van der Waals surface area contributed by atoms with Crippen LogP contribution in [0.25, 0.3) is 0 Å². The fourth-order valence-electron chi connectivity index (χ4n) is 2.17. The number of nitrogens with one attached hydrogen (secondary N) is 2. The SMILES string of the molecule is CC(C)(C)OC(=O)NCC(NCc1ccc(O)cn1)C1CC1. The minimum Gasteiger partial charge on any atom is -0.506 e. The Bertz CT molecular complexity index is 492. The number of aromatic hydroxyl groups is 1. The highest BCUT2D eigenvalue weighted by Gasteiger charge is 2.31. The van der Waals surface area contributed by atoms with Crippen molar-refractivity contribution < 1.29 is 14.6 Å². The van der Waals surface area contributed by atoms with Gasteiger partial charge in [0, 0.05) is 19.1 Å². The average Bonchev–Trinajstić information content (AvgIpc) is 3.23. The van der Waals surface area contributed by atoms with E-state index >= 15 is 0 Å². The number of aromatic nitrogens is 1. The molecular formula is C16H25N3O3. The number of amides is 1. The molecule has 0 radical (unpaired) electrons. The number of alkyl carbamates (subject to hydrolysis) is 1. The molecule has 1 heterocycles. The van der Waals surface area contributed by atoms with Gasteiger partial charge in [0.1, 0.15) is 11.4 Å². The molecule has 1 unspecified atom stereocenters. The van der Waals surface area contributed by atoms with Gasteiger partial charge in [-0.1, -0.05) is 0 Å². The van der Waals surface area contributed by atoms with Gasteiger partial charge in [-0.3, -0.25) is 4.98 Å². The Morgan fingerprint density at radius 1 is 1.45 bits per heavy atom. The second kappa shape index (κ2) is 6.96. The molecule has 0 bridgehead atoms. The quantitative estimate of drug-likeness (QED) is 0.750. The van der Waals surface area contributed by atoms with Crippen molar-refractivity contribution in [1.82, 2.24) is 15.6 Å². The molecule has 1 aromatic heterocycles. The first-order chi connectivity index (χ1) is 10.3. The Morgan fingerprint density at radius 2 is 2.18 bits per heavy atom. The van der Waals surface area contributed by atoms with Gasteiger partial charge < -0.3 is 20.5 Å². The maximum Gasteiger partial charge on any atom is 0.407 e. The molecule has 1 aromatic rings. The van der Waals surface area contributed by atoms with Crippen LogP contribution in [-0.2, 0) is 11.3 Å². The fourth-order valence-corrected chi connectivity index (χ4v) is 2.17. The molecule has 0 aromatic carbocycles. The van der Waals surface area contributed by atoms with E-state index in [9.17, 15) is 9.90 Å². The molecule has 3 N–H and O–H groups in total. The Morgan fingerprint density at radius 3 is 2.73 bits per heavy atom. The van der Waals surface area contributed by atoms with Gasteiger partial charge in [0.25, 0.3) is 0 Å². The van der Waals surface area contributed by atoms with Crippen molar-refractivity contribution >= 4 is 6.09 Å². The van der Waals surface area contributed by atoms with Crippen molar-refractivity contribution in [3.05, 3.63) is 24.0 Å². The third-order valence-electron chi connectivity index (χ3n) is 3.41. The molecule has 1 aliphatic rings. The molecule has 1 saturated carbocycles. The third-order valence-corrected chi connectivity index (χ3v) is 3.41. The molecule has 0 aliphatic heterocycles. The Hall–Kier alpha value is -1.82. The lowest BCUT2D eigenvalue weighted by molar-refractivity contribution is 0.0521. The van der Waals surface area contributed by atoms with Crippen molar-refractivity contribution in [3.8, 4) is 5.75 Å². The van der Waals surface area contributed by atoms with Crippen LogP contribution >= 0.6 is 0 Å². The summed E-state index contributed by atoms with van der Waals surface area (Å²) in [6.45, 7) is 6.69. The van der Waals surface area contributed by atoms with E-state index in [2.05, 4.69) is 15.6 Å². The number of rotatable bonds is 6. The lowest BCUT2D eigenvalue weighted by Gasteiger charge is -2.22. The van der Waals surface area contributed by atoms with E-state index < -0.39 is 5.60 Å². The number of ether oxygens (including phenoxy) is 1. The van der Waals surface area contributed by atoms with Crippen LogP contribution in [0.15, 0.2) is 18.3 Å². The minimum atomic E-state index is -0.484. The van der Waals surface area contributed by atoms with Gasteiger partial charge in [0.15, 0.2) is 0 Å². The highest BCUT2D eigenvalue weighted by Crippen LogP contribution is 2.32. The second-order valence-electron chi connectivity index (χ2n) is 6.72. The summed E-state index contributed by atoms with van der Waals surface area (Å²) in [5.74, 6) is 0.751. The normalized spacial score (nSPS) is 16.1. The molecule has 0 saturated heterocycles. The molecule has 1 amide bonds. The summed E-state index contributed by atoms with van der Waals surface area (Å²) in [7, 11) is 0. The van der Waals surface area contributed by atoms with E-state index in [-0.39, 0.29) is 17.9 Å². The van der Waals surface area contributed by atoms with Crippen LogP contribution in [0.4, 0.5) is 4.79 Å².